The quantitative estimate of drug-likeness (QED) is 0.380. The van der Waals surface area contributed by atoms with Gasteiger partial charge in [0.25, 0.3) is 5.91 Å². The maximum Gasteiger partial charge on any atom is 0.337 e. The van der Waals surface area contributed by atoms with Gasteiger partial charge in [-0.25, -0.2) is 13.2 Å². The minimum atomic E-state index is -3.84. The van der Waals surface area contributed by atoms with E-state index in [0.29, 0.717) is 15.1 Å². The summed E-state index contributed by atoms with van der Waals surface area (Å²) in [6.07, 6.45) is 0.459. The van der Waals surface area contributed by atoms with E-state index in [4.69, 9.17) is 11.6 Å². The summed E-state index contributed by atoms with van der Waals surface area (Å²) in [6.45, 7) is 0.260. The third-order valence-corrected chi connectivity index (χ3v) is 8.80. The van der Waals surface area contributed by atoms with Gasteiger partial charge in [0, 0.05) is 28.1 Å². The van der Waals surface area contributed by atoms with Crippen molar-refractivity contribution in [3.8, 4) is 0 Å². The van der Waals surface area contributed by atoms with Crippen LogP contribution in [0.5, 0.6) is 0 Å². The molecule has 0 radical (unpaired) electrons. The van der Waals surface area contributed by atoms with Crippen molar-refractivity contribution >= 4 is 55.1 Å². The summed E-state index contributed by atoms with van der Waals surface area (Å²) in [5, 5.41) is 23.5. The van der Waals surface area contributed by atoms with Gasteiger partial charge in [-0.1, -0.05) is 39.7 Å². The van der Waals surface area contributed by atoms with Crippen LogP contribution in [0.4, 0.5) is 5.69 Å². The second-order valence-corrected chi connectivity index (χ2v) is 11.7. The number of rotatable bonds is 6. The lowest BCUT2D eigenvalue weighted by molar-refractivity contribution is -0.00962. The second-order valence-electron chi connectivity index (χ2n) is 8.42. The zero-order chi connectivity index (χ0) is 26.1. The fourth-order valence-electron chi connectivity index (χ4n) is 4.07. The van der Waals surface area contributed by atoms with Crippen LogP contribution in [0.25, 0.3) is 0 Å². The van der Waals surface area contributed by atoms with Gasteiger partial charge < -0.3 is 15.5 Å². The molecule has 11 heteroatoms. The molecule has 3 N–H and O–H groups in total. The summed E-state index contributed by atoms with van der Waals surface area (Å²) in [5.74, 6) is -1.77. The SMILES string of the molecule is O=C(Nc1ccc(Br)cc1C(=O)O)c1ccc(S(=O)(=O)N2CCC(O)(c3ccc(Cl)cc3)CC2)cc1. The molecule has 0 spiro atoms. The van der Waals surface area contributed by atoms with Crippen LogP contribution >= 0.6 is 27.5 Å². The maximum absolute atomic E-state index is 13.2. The van der Waals surface area contributed by atoms with Gasteiger partial charge in [0.1, 0.15) is 0 Å². The average molecular weight is 594 g/mol. The van der Waals surface area contributed by atoms with E-state index < -0.39 is 27.5 Å². The molecule has 1 fully saturated rings. The molecule has 1 amide bonds. The number of aliphatic hydroxyl groups is 1. The molecule has 0 atom stereocenters. The van der Waals surface area contributed by atoms with E-state index in [1.807, 2.05) is 0 Å². The highest BCUT2D eigenvalue weighted by Crippen LogP contribution is 2.35. The van der Waals surface area contributed by atoms with Crippen molar-refractivity contribution in [2.75, 3.05) is 18.4 Å². The van der Waals surface area contributed by atoms with Crippen molar-refractivity contribution in [2.24, 2.45) is 0 Å². The van der Waals surface area contributed by atoms with Gasteiger partial charge in [-0.05, 0) is 73.0 Å². The van der Waals surface area contributed by atoms with Crippen LogP contribution in [-0.4, -0.2) is 47.9 Å². The van der Waals surface area contributed by atoms with E-state index in [9.17, 15) is 28.2 Å². The van der Waals surface area contributed by atoms with Crippen molar-refractivity contribution in [3.05, 3.63) is 92.9 Å². The van der Waals surface area contributed by atoms with Gasteiger partial charge >= 0.3 is 5.97 Å². The maximum atomic E-state index is 13.2. The first-order valence-electron chi connectivity index (χ1n) is 10.9. The second kappa shape index (κ2) is 10.3. The van der Waals surface area contributed by atoms with Gasteiger partial charge in [-0.3, -0.25) is 4.79 Å². The molecule has 0 aliphatic carbocycles. The van der Waals surface area contributed by atoms with Gasteiger partial charge in [0.05, 0.1) is 21.7 Å². The molecule has 188 valence electrons. The zero-order valence-electron chi connectivity index (χ0n) is 18.8. The van der Waals surface area contributed by atoms with Crippen molar-refractivity contribution in [3.63, 3.8) is 0 Å². The molecule has 0 saturated carbocycles. The molecule has 0 bridgehead atoms. The first-order chi connectivity index (χ1) is 17.0. The summed E-state index contributed by atoms with van der Waals surface area (Å²) in [7, 11) is -3.84. The van der Waals surface area contributed by atoms with Crippen LogP contribution < -0.4 is 5.32 Å². The lowest BCUT2D eigenvalue weighted by atomic mass is 9.85. The summed E-state index contributed by atoms with van der Waals surface area (Å²) in [4.78, 5) is 24.1. The van der Waals surface area contributed by atoms with Crippen molar-refractivity contribution in [1.82, 2.24) is 4.31 Å². The van der Waals surface area contributed by atoms with Crippen molar-refractivity contribution in [2.45, 2.75) is 23.3 Å². The molecule has 0 aromatic heterocycles. The number of piperidine rings is 1. The summed E-state index contributed by atoms with van der Waals surface area (Å²) < 4.78 is 28.2. The van der Waals surface area contributed by atoms with Crippen molar-refractivity contribution in [1.29, 1.82) is 0 Å². The standard InChI is InChI=1S/C25H22BrClN2O6S/c26-18-5-10-22(21(15-18)24(31)32)28-23(30)16-1-8-20(9-2-16)36(34,35)29-13-11-25(33,12-14-29)17-3-6-19(27)7-4-17/h1-10,15,33H,11-14H2,(H,28,30)(H,31,32). The number of anilines is 1. The molecule has 1 heterocycles. The molecule has 0 unspecified atom stereocenters. The number of sulfonamides is 1. The fraction of sp³-hybridized carbons (Fsp3) is 0.200. The zero-order valence-corrected chi connectivity index (χ0v) is 22.0. The number of amides is 1. The predicted octanol–water partition coefficient (Wildman–Crippen LogP) is 4.73. The van der Waals surface area contributed by atoms with Crippen LogP contribution in [0.2, 0.25) is 5.02 Å². The lowest BCUT2D eigenvalue weighted by Gasteiger charge is -2.37. The number of carbonyl (C=O) groups is 2. The third kappa shape index (κ3) is 5.47. The number of benzene rings is 3. The Bertz CT molecular complexity index is 1400. The molecule has 4 rings (SSSR count). The summed E-state index contributed by atoms with van der Waals surface area (Å²) in [6, 6.07) is 16.7. The van der Waals surface area contributed by atoms with E-state index in [2.05, 4.69) is 21.2 Å². The van der Waals surface area contributed by atoms with Crippen LogP contribution in [0.1, 0.15) is 39.1 Å². The average Bonchev–Trinajstić information content (AvgIpc) is 2.85. The number of hydrogen-bond donors (Lipinski definition) is 3. The van der Waals surface area contributed by atoms with Gasteiger partial charge in [0.15, 0.2) is 0 Å². The number of nitrogens with one attached hydrogen (secondary N) is 1. The minimum absolute atomic E-state index is 0.0193. The lowest BCUT2D eigenvalue weighted by Crippen LogP contribution is -2.45. The Morgan fingerprint density at radius 3 is 2.17 bits per heavy atom. The molecule has 3 aromatic rings. The van der Waals surface area contributed by atoms with E-state index in [1.165, 1.54) is 40.7 Å². The number of nitrogens with zero attached hydrogens (tertiary/aromatic N) is 1. The molecule has 1 aliphatic rings. The first-order valence-corrected chi connectivity index (χ1v) is 13.5. The third-order valence-electron chi connectivity index (χ3n) is 6.15. The molecular weight excluding hydrogens is 572 g/mol. The topological polar surface area (TPSA) is 124 Å². The molecule has 1 aliphatic heterocycles. The summed E-state index contributed by atoms with van der Waals surface area (Å²) >= 11 is 9.12. The van der Waals surface area contributed by atoms with E-state index in [-0.39, 0.29) is 47.6 Å². The minimum Gasteiger partial charge on any atom is -0.478 e. The Kier molecular flexibility index (Phi) is 7.53. The molecule has 1 saturated heterocycles. The highest BCUT2D eigenvalue weighted by atomic mass is 79.9. The molecule has 8 nitrogen and oxygen atoms in total. The van der Waals surface area contributed by atoms with Crippen LogP contribution in [-0.2, 0) is 15.6 Å². The Labute approximate surface area is 221 Å². The Hall–Kier alpha value is -2.76. The molecule has 3 aromatic carbocycles. The highest BCUT2D eigenvalue weighted by Gasteiger charge is 2.38. The normalized spacial score (nSPS) is 15.9. The van der Waals surface area contributed by atoms with Gasteiger partial charge in [-0.2, -0.15) is 4.31 Å². The fourth-order valence-corrected chi connectivity index (χ4v) is 6.00. The highest BCUT2D eigenvalue weighted by molar-refractivity contribution is 9.10. The number of hydrogen-bond acceptors (Lipinski definition) is 5. The Morgan fingerprint density at radius 2 is 1.58 bits per heavy atom. The van der Waals surface area contributed by atoms with Crippen LogP contribution in [0.3, 0.4) is 0 Å². The molecule has 36 heavy (non-hydrogen) atoms. The van der Waals surface area contributed by atoms with E-state index >= 15 is 0 Å². The smallest absolute Gasteiger partial charge is 0.337 e. The number of carboxylic acid groups (broad SMARTS) is 1. The number of carbonyl (C=O) groups excluding carboxylic acids is 1. The molecular formula is C25H22BrClN2O6S. The van der Waals surface area contributed by atoms with Crippen molar-refractivity contribution < 1.29 is 28.2 Å². The number of aromatic carboxylic acids is 1. The van der Waals surface area contributed by atoms with Gasteiger partial charge in [0.2, 0.25) is 10.0 Å². The van der Waals surface area contributed by atoms with Crippen LogP contribution in [0, 0.1) is 0 Å². The van der Waals surface area contributed by atoms with Crippen LogP contribution in [0.15, 0.2) is 76.1 Å². The van der Waals surface area contributed by atoms with Gasteiger partial charge in [-0.15, -0.1) is 0 Å². The first kappa shape index (κ1) is 26.3. The Morgan fingerprint density at radius 1 is 0.972 bits per heavy atom. The Balaban J connectivity index is 1.45. The summed E-state index contributed by atoms with van der Waals surface area (Å²) in [5.41, 5.74) is -0.241. The number of halogens is 2. The monoisotopic (exact) mass is 592 g/mol. The largest absolute Gasteiger partial charge is 0.478 e. The van der Waals surface area contributed by atoms with E-state index in [1.54, 1.807) is 30.3 Å². The predicted molar refractivity (Wildman–Crippen MR) is 139 cm³/mol. The van der Waals surface area contributed by atoms with E-state index in [0.717, 1.165) is 0 Å². The number of carboxylic acids is 1.